The minimum absolute atomic E-state index is 0.0564. The van der Waals surface area contributed by atoms with E-state index < -0.39 is 0 Å². The fourth-order valence-electron chi connectivity index (χ4n) is 2.20. The summed E-state index contributed by atoms with van der Waals surface area (Å²) in [5.74, 6) is -0.338. The zero-order chi connectivity index (χ0) is 17.0. The van der Waals surface area contributed by atoms with Gasteiger partial charge in [0.15, 0.2) is 0 Å². The highest BCUT2D eigenvalue weighted by Crippen LogP contribution is 2.23. The van der Waals surface area contributed by atoms with Crippen molar-refractivity contribution in [1.29, 1.82) is 0 Å². The Kier molecular flexibility index (Phi) is 5.33. The molecule has 6 nitrogen and oxygen atoms in total. The SMILES string of the molecule is CC(=O)Nc1cccc(NC(=O)CCn2c(C)csc2=O)c1C. The summed E-state index contributed by atoms with van der Waals surface area (Å²) in [6.45, 7) is 5.46. The molecular weight excluding hydrogens is 314 g/mol. The van der Waals surface area contributed by atoms with Crippen molar-refractivity contribution in [2.45, 2.75) is 33.7 Å². The van der Waals surface area contributed by atoms with Crippen molar-refractivity contribution in [3.8, 4) is 0 Å². The van der Waals surface area contributed by atoms with Crippen LogP contribution in [0.1, 0.15) is 24.6 Å². The van der Waals surface area contributed by atoms with Crippen LogP contribution in [0.2, 0.25) is 0 Å². The van der Waals surface area contributed by atoms with Gasteiger partial charge in [-0.05, 0) is 31.5 Å². The van der Waals surface area contributed by atoms with Gasteiger partial charge in [0.25, 0.3) is 0 Å². The van der Waals surface area contributed by atoms with Crippen molar-refractivity contribution in [2.24, 2.45) is 0 Å². The maximum absolute atomic E-state index is 12.1. The van der Waals surface area contributed by atoms with Crippen molar-refractivity contribution >= 4 is 34.5 Å². The van der Waals surface area contributed by atoms with Crippen LogP contribution in [-0.4, -0.2) is 16.4 Å². The number of hydrogen-bond acceptors (Lipinski definition) is 4. The van der Waals surface area contributed by atoms with Gasteiger partial charge < -0.3 is 15.2 Å². The van der Waals surface area contributed by atoms with Crippen LogP contribution in [0, 0.1) is 13.8 Å². The highest BCUT2D eigenvalue weighted by molar-refractivity contribution is 7.07. The molecule has 122 valence electrons. The van der Waals surface area contributed by atoms with E-state index in [1.165, 1.54) is 6.92 Å². The second-order valence-electron chi connectivity index (χ2n) is 5.25. The van der Waals surface area contributed by atoms with Crippen LogP contribution in [0.25, 0.3) is 0 Å². The highest BCUT2D eigenvalue weighted by Gasteiger charge is 2.10. The van der Waals surface area contributed by atoms with Crippen LogP contribution in [0.15, 0.2) is 28.4 Å². The number of benzene rings is 1. The fourth-order valence-corrected chi connectivity index (χ4v) is 2.96. The molecule has 1 aromatic carbocycles. The highest BCUT2D eigenvalue weighted by atomic mass is 32.1. The van der Waals surface area contributed by atoms with E-state index in [-0.39, 0.29) is 23.1 Å². The maximum Gasteiger partial charge on any atom is 0.307 e. The summed E-state index contributed by atoms with van der Waals surface area (Å²) >= 11 is 1.13. The molecule has 0 aliphatic carbocycles. The van der Waals surface area contributed by atoms with Gasteiger partial charge >= 0.3 is 4.87 Å². The molecule has 2 N–H and O–H groups in total. The van der Waals surface area contributed by atoms with Gasteiger partial charge in [-0.2, -0.15) is 0 Å². The van der Waals surface area contributed by atoms with E-state index in [0.717, 1.165) is 22.6 Å². The Labute approximate surface area is 138 Å². The summed E-state index contributed by atoms with van der Waals surface area (Å²) in [5.41, 5.74) is 2.97. The molecule has 0 aliphatic heterocycles. The average Bonchev–Trinajstić information content (AvgIpc) is 2.80. The number of nitrogens with zero attached hydrogens (tertiary/aromatic N) is 1. The monoisotopic (exact) mass is 333 g/mol. The molecule has 7 heteroatoms. The molecule has 2 amide bonds. The van der Waals surface area contributed by atoms with Gasteiger partial charge in [-0.15, -0.1) is 0 Å². The van der Waals surface area contributed by atoms with Gasteiger partial charge in [0.2, 0.25) is 11.8 Å². The van der Waals surface area contributed by atoms with Crippen LogP contribution in [0.4, 0.5) is 11.4 Å². The van der Waals surface area contributed by atoms with Gasteiger partial charge in [-0.25, -0.2) is 0 Å². The Hall–Kier alpha value is -2.41. The standard InChI is InChI=1S/C16H19N3O3S/c1-10-9-23-16(22)19(10)8-7-15(21)18-14-6-4-5-13(11(14)2)17-12(3)20/h4-6,9H,7-8H2,1-3H3,(H,17,20)(H,18,21). The van der Waals surface area contributed by atoms with E-state index in [1.54, 1.807) is 28.1 Å². The number of nitrogens with one attached hydrogen (secondary N) is 2. The average molecular weight is 333 g/mol. The first-order chi connectivity index (χ1) is 10.9. The van der Waals surface area contributed by atoms with E-state index in [0.29, 0.717) is 17.9 Å². The number of carbonyl (C=O) groups excluding carboxylic acids is 2. The Morgan fingerprint density at radius 2 is 1.83 bits per heavy atom. The smallest absolute Gasteiger partial charge is 0.307 e. The third-order valence-corrected chi connectivity index (χ3v) is 4.34. The molecule has 0 spiro atoms. The number of carbonyl (C=O) groups is 2. The minimum Gasteiger partial charge on any atom is -0.326 e. The van der Waals surface area contributed by atoms with E-state index in [1.807, 2.05) is 13.8 Å². The van der Waals surface area contributed by atoms with Gasteiger partial charge in [-0.1, -0.05) is 17.4 Å². The Balaban J connectivity index is 2.03. The first-order valence-corrected chi connectivity index (χ1v) is 8.08. The molecule has 2 aromatic rings. The Morgan fingerprint density at radius 1 is 1.17 bits per heavy atom. The predicted molar refractivity (Wildman–Crippen MR) is 92.0 cm³/mol. The lowest BCUT2D eigenvalue weighted by Gasteiger charge is -2.13. The molecule has 0 radical (unpaired) electrons. The number of aryl methyl sites for hydroxylation is 1. The molecule has 1 aromatic heterocycles. The zero-order valence-electron chi connectivity index (χ0n) is 13.3. The quantitative estimate of drug-likeness (QED) is 0.882. The molecule has 0 atom stereocenters. The minimum atomic E-state index is -0.175. The Bertz CT molecular complexity index is 792. The summed E-state index contributed by atoms with van der Waals surface area (Å²) in [4.78, 5) is 34.8. The fraction of sp³-hybridized carbons (Fsp3) is 0.312. The molecule has 0 bridgehead atoms. The Morgan fingerprint density at radius 3 is 2.39 bits per heavy atom. The van der Waals surface area contributed by atoms with Crippen molar-refractivity contribution in [1.82, 2.24) is 4.57 Å². The number of anilines is 2. The van der Waals surface area contributed by atoms with E-state index in [9.17, 15) is 14.4 Å². The summed E-state index contributed by atoms with van der Waals surface area (Å²) < 4.78 is 1.59. The zero-order valence-corrected chi connectivity index (χ0v) is 14.1. The number of thiazole rings is 1. The molecule has 0 aliphatic rings. The lowest BCUT2D eigenvalue weighted by atomic mass is 10.1. The third kappa shape index (κ3) is 4.29. The van der Waals surface area contributed by atoms with Crippen LogP contribution < -0.4 is 15.5 Å². The number of rotatable bonds is 5. The number of aromatic nitrogens is 1. The summed E-state index contributed by atoms with van der Waals surface area (Å²) in [5, 5.41) is 7.32. The van der Waals surface area contributed by atoms with Gasteiger partial charge in [0.05, 0.1) is 0 Å². The van der Waals surface area contributed by atoms with Crippen LogP contribution >= 0.6 is 11.3 Å². The van der Waals surface area contributed by atoms with Crippen LogP contribution in [-0.2, 0) is 16.1 Å². The van der Waals surface area contributed by atoms with Gasteiger partial charge in [0.1, 0.15) is 0 Å². The van der Waals surface area contributed by atoms with Crippen LogP contribution in [0.5, 0.6) is 0 Å². The topological polar surface area (TPSA) is 80.2 Å². The summed E-state index contributed by atoms with van der Waals surface area (Å²) in [7, 11) is 0. The maximum atomic E-state index is 12.1. The van der Waals surface area contributed by atoms with E-state index in [2.05, 4.69) is 10.6 Å². The first kappa shape index (κ1) is 17.0. The second-order valence-corrected chi connectivity index (χ2v) is 6.07. The molecule has 0 saturated carbocycles. The molecule has 0 saturated heterocycles. The van der Waals surface area contributed by atoms with Gasteiger partial charge in [-0.3, -0.25) is 14.4 Å². The number of hydrogen-bond donors (Lipinski definition) is 2. The third-order valence-electron chi connectivity index (χ3n) is 3.46. The normalized spacial score (nSPS) is 10.4. The summed E-state index contributed by atoms with van der Waals surface area (Å²) in [6.07, 6.45) is 0.210. The molecule has 1 heterocycles. The van der Waals surface area contributed by atoms with Crippen molar-refractivity contribution in [3.63, 3.8) is 0 Å². The van der Waals surface area contributed by atoms with Crippen molar-refractivity contribution in [3.05, 3.63) is 44.5 Å². The second kappa shape index (κ2) is 7.23. The van der Waals surface area contributed by atoms with Gasteiger partial charge in [0, 0.05) is 42.3 Å². The van der Waals surface area contributed by atoms with Crippen molar-refractivity contribution < 1.29 is 9.59 Å². The summed E-state index contributed by atoms with van der Waals surface area (Å²) in [6, 6.07) is 5.32. The number of amides is 2. The molecular formula is C16H19N3O3S. The molecule has 0 unspecified atom stereocenters. The van der Waals surface area contributed by atoms with E-state index in [4.69, 9.17) is 0 Å². The lowest BCUT2D eigenvalue weighted by molar-refractivity contribution is -0.116. The molecule has 0 fully saturated rings. The van der Waals surface area contributed by atoms with Crippen LogP contribution in [0.3, 0.4) is 0 Å². The first-order valence-electron chi connectivity index (χ1n) is 7.20. The molecule has 2 rings (SSSR count). The van der Waals surface area contributed by atoms with E-state index >= 15 is 0 Å². The lowest BCUT2D eigenvalue weighted by Crippen LogP contribution is -2.20. The molecule has 23 heavy (non-hydrogen) atoms. The predicted octanol–water partition coefficient (Wildman–Crippen LogP) is 2.51. The van der Waals surface area contributed by atoms with Crippen molar-refractivity contribution in [2.75, 3.05) is 10.6 Å². The largest absolute Gasteiger partial charge is 0.326 e.